The molecule has 3 saturated heterocycles. The summed E-state index contributed by atoms with van der Waals surface area (Å²) in [7, 11) is 0. The van der Waals surface area contributed by atoms with Gasteiger partial charge < -0.3 is 19.4 Å². The Morgan fingerprint density at radius 1 is 0.905 bits per heavy atom. The lowest BCUT2D eigenvalue weighted by Crippen LogP contribution is -2.43. The number of nitrogens with zero attached hydrogens (tertiary/aromatic N) is 4. The largest absolute Gasteiger partial charge is 0.446 e. The minimum atomic E-state index is -0.366. The highest BCUT2D eigenvalue weighted by Gasteiger charge is 2.41. The van der Waals surface area contributed by atoms with Crippen LogP contribution < -0.4 is 4.90 Å². The first-order valence-electron chi connectivity index (χ1n) is 15.2. The van der Waals surface area contributed by atoms with Crippen LogP contribution in [-0.4, -0.2) is 91.1 Å². The average Bonchev–Trinajstić information content (AvgIpc) is 3.53. The zero-order valence-corrected chi connectivity index (χ0v) is 26.0. The van der Waals surface area contributed by atoms with Crippen LogP contribution >= 0.6 is 11.6 Å². The smallest absolute Gasteiger partial charge is 0.414 e. The van der Waals surface area contributed by atoms with Crippen molar-refractivity contribution in [3.05, 3.63) is 63.7 Å². The molecule has 226 valence electrons. The number of anilines is 1. The van der Waals surface area contributed by atoms with E-state index in [0.717, 1.165) is 67.1 Å². The maximum absolute atomic E-state index is 13.4. The third kappa shape index (κ3) is 6.92. The second-order valence-corrected chi connectivity index (χ2v) is 12.7. The molecule has 0 spiro atoms. The average molecular weight is 595 g/mol. The molecule has 3 fully saturated rings. The molecule has 8 nitrogen and oxygen atoms in total. The summed E-state index contributed by atoms with van der Waals surface area (Å²) < 4.78 is 5.93. The summed E-state index contributed by atoms with van der Waals surface area (Å²) in [5.74, 6) is 1.17. The highest BCUT2D eigenvalue weighted by molar-refractivity contribution is 6.31. The number of ether oxygens (including phenoxy) is 1. The monoisotopic (exact) mass is 594 g/mol. The van der Waals surface area contributed by atoms with Crippen molar-refractivity contribution >= 4 is 35.2 Å². The molecule has 0 aromatic heterocycles. The molecule has 2 unspecified atom stereocenters. The summed E-state index contributed by atoms with van der Waals surface area (Å²) in [6.07, 6.45) is 1.52. The first kappa shape index (κ1) is 30.4. The number of amides is 3. The molecule has 9 heteroatoms. The third-order valence-electron chi connectivity index (χ3n) is 9.17. The molecule has 0 bridgehead atoms. The van der Waals surface area contributed by atoms with Gasteiger partial charge in [0.1, 0.15) is 6.10 Å². The standard InChI is InChI=1S/C33H43ClN4O4/c1-22-6-7-23(2)30(16-22)32(40)37-20-26-18-35(19-27(26)21-37)12-5-13-38(28-9-8-24(3)31(34)17-28)33(41)42-29-10-14-36(15-11-29)25(4)39/h6-9,16-17,26-27,29H,5,10-15,18-21H2,1-4H3. The van der Waals surface area contributed by atoms with Gasteiger partial charge in [-0.1, -0.05) is 35.4 Å². The van der Waals surface area contributed by atoms with Crippen molar-refractivity contribution in [3.63, 3.8) is 0 Å². The van der Waals surface area contributed by atoms with Gasteiger partial charge in [0.05, 0.1) is 0 Å². The Morgan fingerprint density at radius 3 is 2.21 bits per heavy atom. The van der Waals surface area contributed by atoms with Crippen molar-refractivity contribution in [1.82, 2.24) is 14.7 Å². The van der Waals surface area contributed by atoms with Crippen molar-refractivity contribution in [2.75, 3.05) is 57.3 Å². The normalized spacial score (nSPS) is 21.0. The number of aryl methyl sites for hydroxylation is 3. The molecule has 0 N–H and O–H groups in total. The molecule has 0 radical (unpaired) electrons. The number of hydrogen-bond donors (Lipinski definition) is 0. The maximum Gasteiger partial charge on any atom is 0.414 e. The molecule has 2 aromatic rings. The minimum Gasteiger partial charge on any atom is -0.446 e. The van der Waals surface area contributed by atoms with E-state index in [0.29, 0.717) is 49.3 Å². The molecule has 3 amide bonds. The van der Waals surface area contributed by atoms with Crippen molar-refractivity contribution in [3.8, 4) is 0 Å². The van der Waals surface area contributed by atoms with Gasteiger partial charge in [-0.05, 0) is 74.9 Å². The Kier molecular flexibility index (Phi) is 9.43. The zero-order chi connectivity index (χ0) is 30.0. The molecule has 5 rings (SSSR count). The third-order valence-corrected chi connectivity index (χ3v) is 9.58. The lowest BCUT2D eigenvalue weighted by Gasteiger charge is -2.32. The fourth-order valence-electron chi connectivity index (χ4n) is 6.60. The Hall–Kier alpha value is -3.10. The summed E-state index contributed by atoms with van der Waals surface area (Å²) in [5.41, 5.74) is 4.65. The molecule has 0 saturated carbocycles. The Bertz CT molecular complexity index is 1310. The summed E-state index contributed by atoms with van der Waals surface area (Å²) in [4.78, 5) is 46.3. The number of likely N-dealkylation sites (tertiary alicyclic amines) is 3. The van der Waals surface area contributed by atoms with Gasteiger partial charge in [-0.25, -0.2) is 4.79 Å². The molecule has 3 aliphatic rings. The van der Waals surface area contributed by atoms with Gasteiger partial charge in [0, 0.05) is 81.9 Å². The number of hydrogen-bond acceptors (Lipinski definition) is 5. The summed E-state index contributed by atoms with van der Waals surface area (Å²) in [5, 5.41) is 0.618. The molecule has 2 atom stereocenters. The summed E-state index contributed by atoms with van der Waals surface area (Å²) in [6.45, 7) is 13.7. The van der Waals surface area contributed by atoms with Crippen LogP contribution in [-0.2, 0) is 9.53 Å². The van der Waals surface area contributed by atoms with Crippen molar-refractivity contribution in [2.45, 2.75) is 53.1 Å². The van der Waals surface area contributed by atoms with Crippen LogP contribution in [0.4, 0.5) is 10.5 Å². The number of benzene rings is 2. The van der Waals surface area contributed by atoms with Gasteiger partial charge in [0.15, 0.2) is 0 Å². The molecular weight excluding hydrogens is 552 g/mol. The van der Waals surface area contributed by atoms with Crippen LogP contribution in [0.25, 0.3) is 0 Å². The van der Waals surface area contributed by atoms with Crippen molar-refractivity contribution < 1.29 is 19.1 Å². The Morgan fingerprint density at radius 2 is 1.57 bits per heavy atom. The van der Waals surface area contributed by atoms with E-state index in [-0.39, 0.29) is 24.0 Å². The SMILES string of the molecule is CC(=O)N1CCC(OC(=O)N(CCCN2CC3CN(C(=O)c4cc(C)ccc4C)CC3C2)c2ccc(C)c(Cl)c2)CC1. The van der Waals surface area contributed by atoms with E-state index in [1.165, 1.54) is 0 Å². The van der Waals surface area contributed by atoms with Crippen LogP contribution in [0.1, 0.15) is 53.2 Å². The van der Waals surface area contributed by atoms with Crippen LogP contribution in [0.5, 0.6) is 0 Å². The Balaban J connectivity index is 1.15. The van der Waals surface area contributed by atoms with Gasteiger partial charge in [-0.3, -0.25) is 14.5 Å². The molecule has 3 heterocycles. The zero-order valence-electron chi connectivity index (χ0n) is 25.3. The fraction of sp³-hybridized carbons (Fsp3) is 0.545. The van der Waals surface area contributed by atoms with E-state index in [1.54, 1.807) is 16.7 Å². The maximum atomic E-state index is 13.4. The quantitative estimate of drug-likeness (QED) is 0.434. The summed E-state index contributed by atoms with van der Waals surface area (Å²) >= 11 is 6.43. The first-order chi connectivity index (χ1) is 20.1. The molecule has 2 aromatic carbocycles. The minimum absolute atomic E-state index is 0.0578. The van der Waals surface area contributed by atoms with Gasteiger partial charge in [0.2, 0.25) is 5.91 Å². The van der Waals surface area contributed by atoms with Crippen molar-refractivity contribution in [1.29, 1.82) is 0 Å². The van der Waals surface area contributed by atoms with E-state index < -0.39 is 0 Å². The predicted molar refractivity (Wildman–Crippen MR) is 165 cm³/mol. The van der Waals surface area contributed by atoms with Gasteiger partial charge in [0.25, 0.3) is 5.91 Å². The number of halogens is 1. The van der Waals surface area contributed by atoms with Crippen LogP contribution in [0, 0.1) is 32.6 Å². The highest BCUT2D eigenvalue weighted by Crippen LogP contribution is 2.33. The van der Waals surface area contributed by atoms with E-state index in [9.17, 15) is 14.4 Å². The van der Waals surface area contributed by atoms with Crippen LogP contribution in [0.15, 0.2) is 36.4 Å². The van der Waals surface area contributed by atoms with E-state index >= 15 is 0 Å². The lowest BCUT2D eigenvalue weighted by atomic mass is 10.0. The topological polar surface area (TPSA) is 73.4 Å². The molecular formula is C33H43ClN4O4. The molecule has 42 heavy (non-hydrogen) atoms. The fourth-order valence-corrected chi connectivity index (χ4v) is 6.77. The van der Waals surface area contributed by atoms with Gasteiger partial charge in [-0.2, -0.15) is 0 Å². The van der Waals surface area contributed by atoms with E-state index in [2.05, 4.69) is 11.0 Å². The van der Waals surface area contributed by atoms with Gasteiger partial charge in [-0.15, -0.1) is 0 Å². The number of piperidine rings is 1. The van der Waals surface area contributed by atoms with Crippen molar-refractivity contribution in [2.24, 2.45) is 11.8 Å². The molecule has 3 aliphatic heterocycles. The van der Waals surface area contributed by atoms with E-state index in [1.807, 2.05) is 56.0 Å². The first-order valence-corrected chi connectivity index (χ1v) is 15.6. The predicted octanol–water partition coefficient (Wildman–Crippen LogP) is 5.31. The van der Waals surface area contributed by atoms with Crippen LogP contribution in [0.2, 0.25) is 5.02 Å². The second-order valence-electron chi connectivity index (χ2n) is 12.3. The number of carbonyl (C=O) groups is 3. The summed E-state index contributed by atoms with van der Waals surface area (Å²) in [6, 6.07) is 11.8. The molecule has 0 aliphatic carbocycles. The van der Waals surface area contributed by atoms with Crippen LogP contribution in [0.3, 0.4) is 0 Å². The highest BCUT2D eigenvalue weighted by atomic mass is 35.5. The second kappa shape index (κ2) is 13.0. The van der Waals surface area contributed by atoms with Gasteiger partial charge >= 0.3 is 6.09 Å². The lowest BCUT2D eigenvalue weighted by molar-refractivity contribution is -0.130. The number of fused-ring (bicyclic) bond motifs is 1. The Labute approximate surface area is 254 Å². The van der Waals surface area contributed by atoms with E-state index in [4.69, 9.17) is 16.3 Å². The number of rotatable bonds is 7. The number of carbonyl (C=O) groups excluding carboxylic acids is 3.